The first kappa shape index (κ1) is 9.98. The van der Waals surface area contributed by atoms with Crippen LogP contribution < -0.4 is 11.1 Å². The van der Waals surface area contributed by atoms with E-state index in [1.165, 1.54) is 0 Å². The third-order valence-corrected chi connectivity index (χ3v) is 2.01. The highest BCUT2D eigenvalue weighted by molar-refractivity contribution is 9.09. The lowest BCUT2D eigenvalue weighted by atomic mass is 10.3. The number of halogens is 1. The molecule has 1 heterocycles. The van der Waals surface area contributed by atoms with Gasteiger partial charge in [0.25, 0.3) is 0 Å². The number of nitrogen functional groups attached to an aromatic ring is 1. The number of hydrogen-bond donors (Lipinski definition) is 2. The first-order valence-electron chi connectivity index (χ1n) is 3.76. The summed E-state index contributed by atoms with van der Waals surface area (Å²) in [6, 6.07) is 3.51. The Morgan fingerprint density at radius 1 is 1.69 bits per heavy atom. The summed E-state index contributed by atoms with van der Waals surface area (Å²) >= 11 is 3.04. The fraction of sp³-hybridized carbons (Fsp3) is 0.250. The van der Waals surface area contributed by atoms with E-state index in [0.29, 0.717) is 23.3 Å². The van der Waals surface area contributed by atoms with Crippen LogP contribution in [0.2, 0.25) is 0 Å². The average Bonchev–Trinajstić information content (AvgIpc) is 2.16. The molecule has 0 saturated carbocycles. The van der Waals surface area contributed by atoms with Gasteiger partial charge in [0.1, 0.15) is 0 Å². The van der Waals surface area contributed by atoms with Gasteiger partial charge in [-0.25, -0.2) is 0 Å². The Balaban J connectivity index is 2.54. The van der Waals surface area contributed by atoms with E-state index < -0.39 is 0 Å². The van der Waals surface area contributed by atoms with Crippen LogP contribution in [0.15, 0.2) is 18.3 Å². The summed E-state index contributed by atoms with van der Waals surface area (Å²) in [6.45, 7) is 0.372. The Labute approximate surface area is 84.7 Å². The number of carbonyl (C=O) groups excluding carboxylic acids is 1. The minimum absolute atomic E-state index is 0.0787. The van der Waals surface area contributed by atoms with Crippen LogP contribution in [0.3, 0.4) is 0 Å². The molecule has 0 aliphatic heterocycles. The maximum absolute atomic E-state index is 10.9. The van der Waals surface area contributed by atoms with Gasteiger partial charge in [0.05, 0.1) is 23.3 Å². The number of aromatic nitrogens is 1. The summed E-state index contributed by atoms with van der Waals surface area (Å²) in [6.07, 6.45) is 1.64. The number of carbonyl (C=O) groups is 1. The Bertz CT molecular complexity index is 303. The van der Waals surface area contributed by atoms with E-state index in [1.807, 2.05) is 0 Å². The van der Waals surface area contributed by atoms with Crippen molar-refractivity contribution in [1.82, 2.24) is 10.3 Å². The monoisotopic (exact) mass is 243 g/mol. The lowest BCUT2D eigenvalue weighted by molar-refractivity contribution is -0.118. The summed E-state index contributed by atoms with van der Waals surface area (Å²) < 4.78 is 0. The molecule has 0 spiro atoms. The molecule has 1 aromatic rings. The van der Waals surface area contributed by atoms with E-state index in [4.69, 9.17) is 5.73 Å². The van der Waals surface area contributed by atoms with Gasteiger partial charge in [0.2, 0.25) is 5.91 Å². The molecule has 0 atom stereocenters. The van der Waals surface area contributed by atoms with Crippen molar-refractivity contribution in [2.45, 2.75) is 6.54 Å². The topological polar surface area (TPSA) is 68.0 Å². The molecular weight excluding hydrogens is 234 g/mol. The molecule has 5 heteroatoms. The predicted molar refractivity (Wildman–Crippen MR) is 54.3 cm³/mol. The smallest absolute Gasteiger partial charge is 0.230 e. The zero-order valence-corrected chi connectivity index (χ0v) is 8.54. The minimum atomic E-state index is -0.0787. The maximum atomic E-state index is 10.9. The highest BCUT2D eigenvalue weighted by atomic mass is 79.9. The van der Waals surface area contributed by atoms with Crippen molar-refractivity contribution in [2.75, 3.05) is 11.1 Å². The van der Waals surface area contributed by atoms with Crippen molar-refractivity contribution >= 4 is 27.5 Å². The fourth-order valence-electron chi connectivity index (χ4n) is 0.828. The Morgan fingerprint density at radius 2 is 2.46 bits per heavy atom. The third-order valence-electron chi connectivity index (χ3n) is 1.50. The van der Waals surface area contributed by atoms with Gasteiger partial charge in [-0.3, -0.25) is 9.78 Å². The lowest BCUT2D eigenvalue weighted by Gasteiger charge is -2.04. The standard InChI is InChI=1S/C8H10BrN3O/c9-4-8(13)12-5-7-6(10)2-1-3-11-7/h1-3H,4-5,10H2,(H,12,13). The van der Waals surface area contributed by atoms with Crippen LogP contribution in [0.5, 0.6) is 0 Å². The molecule has 1 rings (SSSR count). The number of nitrogens with two attached hydrogens (primary N) is 1. The van der Waals surface area contributed by atoms with Crippen molar-refractivity contribution < 1.29 is 4.79 Å². The molecule has 1 amide bonds. The highest BCUT2D eigenvalue weighted by Crippen LogP contribution is 2.05. The molecular formula is C8H10BrN3O. The lowest BCUT2D eigenvalue weighted by Crippen LogP contribution is -2.24. The van der Waals surface area contributed by atoms with E-state index in [-0.39, 0.29) is 5.91 Å². The molecule has 0 saturated heterocycles. The van der Waals surface area contributed by atoms with Crippen LogP contribution >= 0.6 is 15.9 Å². The zero-order valence-electron chi connectivity index (χ0n) is 6.96. The zero-order chi connectivity index (χ0) is 9.68. The second-order valence-corrected chi connectivity index (χ2v) is 3.01. The molecule has 4 nitrogen and oxygen atoms in total. The fourth-order valence-corrected chi connectivity index (χ4v) is 1.03. The van der Waals surface area contributed by atoms with Crippen molar-refractivity contribution in [3.05, 3.63) is 24.0 Å². The molecule has 0 radical (unpaired) electrons. The molecule has 0 bridgehead atoms. The van der Waals surface area contributed by atoms with Gasteiger partial charge < -0.3 is 11.1 Å². The van der Waals surface area contributed by atoms with Crippen molar-refractivity contribution in [2.24, 2.45) is 0 Å². The number of nitrogens with zero attached hydrogens (tertiary/aromatic N) is 1. The number of pyridine rings is 1. The van der Waals surface area contributed by atoms with Crippen molar-refractivity contribution in [1.29, 1.82) is 0 Å². The van der Waals surface area contributed by atoms with E-state index >= 15 is 0 Å². The number of amides is 1. The first-order valence-corrected chi connectivity index (χ1v) is 4.88. The SMILES string of the molecule is Nc1cccnc1CNC(=O)CBr. The van der Waals surface area contributed by atoms with Gasteiger partial charge in [-0.1, -0.05) is 15.9 Å². The molecule has 0 aliphatic rings. The second-order valence-electron chi connectivity index (χ2n) is 2.45. The molecule has 0 fully saturated rings. The normalized spacial score (nSPS) is 9.62. The summed E-state index contributed by atoms with van der Waals surface area (Å²) in [5.74, 6) is -0.0787. The van der Waals surface area contributed by atoms with E-state index in [0.717, 1.165) is 0 Å². The highest BCUT2D eigenvalue weighted by Gasteiger charge is 2.01. The van der Waals surface area contributed by atoms with Crippen LogP contribution in [0.4, 0.5) is 5.69 Å². The van der Waals surface area contributed by atoms with Gasteiger partial charge in [-0.15, -0.1) is 0 Å². The number of anilines is 1. The van der Waals surface area contributed by atoms with Crippen LogP contribution in [-0.4, -0.2) is 16.2 Å². The van der Waals surface area contributed by atoms with Crippen molar-refractivity contribution in [3.8, 4) is 0 Å². The summed E-state index contributed by atoms with van der Waals surface area (Å²) in [5.41, 5.74) is 6.91. The Morgan fingerprint density at radius 3 is 3.08 bits per heavy atom. The van der Waals surface area contributed by atoms with E-state index in [2.05, 4.69) is 26.2 Å². The van der Waals surface area contributed by atoms with Crippen LogP contribution in [0.1, 0.15) is 5.69 Å². The van der Waals surface area contributed by atoms with Gasteiger partial charge in [-0.05, 0) is 12.1 Å². The molecule has 0 aromatic carbocycles. The Hall–Kier alpha value is -1.10. The third kappa shape index (κ3) is 3.02. The quantitative estimate of drug-likeness (QED) is 0.768. The predicted octanol–water partition coefficient (Wildman–Crippen LogP) is 0.675. The number of hydrogen-bond acceptors (Lipinski definition) is 3. The molecule has 1 aromatic heterocycles. The number of alkyl halides is 1. The van der Waals surface area contributed by atoms with Crippen LogP contribution in [0, 0.1) is 0 Å². The van der Waals surface area contributed by atoms with Gasteiger partial charge in [-0.2, -0.15) is 0 Å². The maximum Gasteiger partial charge on any atom is 0.230 e. The average molecular weight is 244 g/mol. The van der Waals surface area contributed by atoms with Crippen LogP contribution in [-0.2, 0) is 11.3 Å². The summed E-state index contributed by atoms with van der Waals surface area (Å²) in [4.78, 5) is 14.9. The minimum Gasteiger partial charge on any atom is -0.397 e. The largest absolute Gasteiger partial charge is 0.397 e. The van der Waals surface area contributed by atoms with Gasteiger partial charge in [0, 0.05) is 6.20 Å². The van der Waals surface area contributed by atoms with Gasteiger partial charge in [0.15, 0.2) is 0 Å². The molecule has 13 heavy (non-hydrogen) atoms. The molecule has 3 N–H and O–H groups in total. The van der Waals surface area contributed by atoms with E-state index in [1.54, 1.807) is 18.3 Å². The molecule has 0 aliphatic carbocycles. The molecule has 0 unspecified atom stereocenters. The van der Waals surface area contributed by atoms with Crippen LogP contribution in [0.25, 0.3) is 0 Å². The van der Waals surface area contributed by atoms with Gasteiger partial charge >= 0.3 is 0 Å². The Kier molecular flexibility index (Phi) is 3.70. The number of nitrogens with one attached hydrogen (secondary N) is 1. The summed E-state index contributed by atoms with van der Waals surface area (Å²) in [7, 11) is 0. The van der Waals surface area contributed by atoms with Crippen molar-refractivity contribution in [3.63, 3.8) is 0 Å². The second kappa shape index (κ2) is 4.81. The number of rotatable bonds is 3. The molecule has 70 valence electrons. The van der Waals surface area contributed by atoms with E-state index in [9.17, 15) is 4.79 Å². The first-order chi connectivity index (χ1) is 6.24. The summed E-state index contributed by atoms with van der Waals surface area (Å²) in [5, 5.41) is 2.95.